The van der Waals surface area contributed by atoms with Crippen LogP contribution in [0.4, 0.5) is 5.69 Å². The van der Waals surface area contributed by atoms with Gasteiger partial charge in [0, 0.05) is 4.47 Å². The van der Waals surface area contributed by atoms with Gasteiger partial charge in [0.15, 0.2) is 0 Å². The Bertz CT molecular complexity index is 352. The minimum absolute atomic E-state index is 0.256. The Labute approximate surface area is 84.0 Å². The van der Waals surface area contributed by atoms with Gasteiger partial charge in [-0.1, -0.05) is 15.9 Å². The summed E-state index contributed by atoms with van der Waals surface area (Å²) in [5, 5.41) is 0. The van der Waals surface area contributed by atoms with Crippen molar-refractivity contribution in [3.63, 3.8) is 0 Å². The van der Waals surface area contributed by atoms with Crippen molar-refractivity contribution in [2.75, 3.05) is 12.8 Å². The quantitative estimate of drug-likeness (QED) is 0.767. The second-order valence-corrected chi connectivity index (χ2v) is 3.35. The third kappa shape index (κ3) is 1.92. The summed E-state index contributed by atoms with van der Waals surface area (Å²) in [4.78, 5) is 10.9. The van der Waals surface area contributed by atoms with E-state index in [0.717, 1.165) is 0 Å². The van der Waals surface area contributed by atoms with E-state index in [9.17, 15) is 4.79 Å². The maximum atomic E-state index is 10.9. The lowest BCUT2D eigenvalue weighted by atomic mass is 10.1. The molecule has 1 aromatic carbocycles. The van der Waals surface area contributed by atoms with Crippen LogP contribution in [0.5, 0.6) is 5.75 Å². The second-order valence-electron chi connectivity index (χ2n) is 2.43. The molecule has 0 atom stereocenters. The van der Waals surface area contributed by atoms with E-state index >= 15 is 0 Å². The van der Waals surface area contributed by atoms with E-state index in [0.29, 0.717) is 10.2 Å². The van der Waals surface area contributed by atoms with E-state index in [1.54, 1.807) is 12.1 Å². The number of hydrogen-bond acceptors (Lipinski definition) is 3. The van der Waals surface area contributed by atoms with Gasteiger partial charge < -0.3 is 16.2 Å². The standard InChI is InChI=1S/C8H9BrN2O2/c1-13-6-3-4(9)2-5(7(6)10)8(11)12/h2-3H,10H2,1H3,(H2,11,12). The fourth-order valence-corrected chi connectivity index (χ4v) is 1.40. The number of halogens is 1. The van der Waals surface area contributed by atoms with Crippen LogP contribution in [0, 0.1) is 0 Å². The van der Waals surface area contributed by atoms with Crippen molar-refractivity contribution in [3.8, 4) is 5.75 Å². The molecule has 0 fully saturated rings. The van der Waals surface area contributed by atoms with Crippen LogP contribution in [0.2, 0.25) is 0 Å². The van der Waals surface area contributed by atoms with Crippen molar-refractivity contribution in [1.82, 2.24) is 0 Å². The monoisotopic (exact) mass is 244 g/mol. The molecule has 1 amide bonds. The first kappa shape index (κ1) is 9.85. The maximum Gasteiger partial charge on any atom is 0.250 e. The molecule has 0 aromatic heterocycles. The second kappa shape index (κ2) is 3.66. The van der Waals surface area contributed by atoms with Crippen LogP contribution in [0.15, 0.2) is 16.6 Å². The third-order valence-corrected chi connectivity index (χ3v) is 2.05. The van der Waals surface area contributed by atoms with Crippen LogP contribution < -0.4 is 16.2 Å². The van der Waals surface area contributed by atoms with Gasteiger partial charge in [0.2, 0.25) is 0 Å². The third-order valence-electron chi connectivity index (χ3n) is 1.59. The summed E-state index contributed by atoms with van der Waals surface area (Å²) in [6, 6.07) is 3.22. The van der Waals surface area contributed by atoms with Gasteiger partial charge >= 0.3 is 0 Å². The molecule has 5 heteroatoms. The lowest BCUT2D eigenvalue weighted by Gasteiger charge is -2.08. The van der Waals surface area contributed by atoms with Crippen LogP contribution in [-0.4, -0.2) is 13.0 Å². The summed E-state index contributed by atoms with van der Waals surface area (Å²) >= 11 is 3.21. The van der Waals surface area contributed by atoms with Gasteiger partial charge in [0.1, 0.15) is 5.75 Å². The molecule has 0 saturated carbocycles. The summed E-state index contributed by atoms with van der Waals surface area (Å²) in [6.45, 7) is 0. The smallest absolute Gasteiger partial charge is 0.250 e. The summed E-state index contributed by atoms with van der Waals surface area (Å²) in [7, 11) is 1.48. The predicted molar refractivity (Wildman–Crippen MR) is 53.6 cm³/mol. The van der Waals surface area contributed by atoms with Crippen LogP contribution >= 0.6 is 15.9 Å². The van der Waals surface area contributed by atoms with E-state index in [-0.39, 0.29) is 11.3 Å². The number of hydrogen-bond donors (Lipinski definition) is 2. The molecule has 0 unspecified atom stereocenters. The normalized spacial score (nSPS) is 9.69. The lowest BCUT2D eigenvalue weighted by Crippen LogP contribution is -2.14. The number of benzene rings is 1. The Morgan fingerprint density at radius 2 is 2.15 bits per heavy atom. The minimum Gasteiger partial charge on any atom is -0.495 e. The lowest BCUT2D eigenvalue weighted by molar-refractivity contribution is 0.100. The predicted octanol–water partition coefficient (Wildman–Crippen LogP) is 1.14. The van der Waals surface area contributed by atoms with Crippen molar-refractivity contribution in [3.05, 3.63) is 22.2 Å². The molecule has 0 aliphatic rings. The van der Waals surface area contributed by atoms with Crippen molar-refractivity contribution in [1.29, 1.82) is 0 Å². The first-order chi connectivity index (χ1) is 6.06. The summed E-state index contributed by atoms with van der Waals surface area (Å²) in [5.74, 6) is -0.139. The highest BCUT2D eigenvalue weighted by Crippen LogP contribution is 2.29. The Morgan fingerprint density at radius 1 is 1.54 bits per heavy atom. The SMILES string of the molecule is COc1cc(Br)cc(C(N)=O)c1N. The van der Waals surface area contributed by atoms with E-state index in [1.165, 1.54) is 7.11 Å². The molecule has 1 aromatic rings. The average molecular weight is 245 g/mol. The van der Waals surface area contributed by atoms with E-state index in [2.05, 4.69) is 15.9 Å². The van der Waals surface area contributed by atoms with Gasteiger partial charge in [0.05, 0.1) is 18.4 Å². The molecular formula is C8H9BrN2O2. The molecule has 4 N–H and O–H groups in total. The van der Waals surface area contributed by atoms with Gasteiger partial charge in [-0.25, -0.2) is 0 Å². The zero-order chi connectivity index (χ0) is 10.0. The summed E-state index contributed by atoms with van der Waals surface area (Å²) < 4.78 is 5.66. The highest BCUT2D eigenvalue weighted by molar-refractivity contribution is 9.10. The summed E-state index contributed by atoms with van der Waals surface area (Å²) in [5.41, 5.74) is 11.2. The number of carbonyl (C=O) groups excluding carboxylic acids is 1. The fourth-order valence-electron chi connectivity index (χ4n) is 0.966. The Hall–Kier alpha value is -1.23. The first-order valence-corrected chi connectivity index (χ1v) is 4.28. The van der Waals surface area contributed by atoms with Gasteiger partial charge in [-0.15, -0.1) is 0 Å². The van der Waals surface area contributed by atoms with Crippen molar-refractivity contribution in [2.24, 2.45) is 5.73 Å². The average Bonchev–Trinajstić information content (AvgIpc) is 2.08. The fraction of sp³-hybridized carbons (Fsp3) is 0.125. The Morgan fingerprint density at radius 3 is 2.62 bits per heavy atom. The highest BCUT2D eigenvalue weighted by Gasteiger charge is 2.11. The Kier molecular flexibility index (Phi) is 2.77. The van der Waals surface area contributed by atoms with Crippen molar-refractivity contribution < 1.29 is 9.53 Å². The number of rotatable bonds is 2. The van der Waals surface area contributed by atoms with Crippen LogP contribution in [-0.2, 0) is 0 Å². The summed E-state index contributed by atoms with van der Waals surface area (Å²) in [6.07, 6.45) is 0. The molecule has 0 aliphatic carbocycles. The molecular weight excluding hydrogens is 236 g/mol. The first-order valence-electron chi connectivity index (χ1n) is 3.49. The molecule has 0 radical (unpaired) electrons. The van der Waals surface area contributed by atoms with Gasteiger partial charge in [0.25, 0.3) is 5.91 Å². The number of nitrogens with two attached hydrogens (primary N) is 2. The molecule has 0 saturated heterocycles. The molecule has 0 bridgehead atoms. The van der Waals surface area contributed by atoms with E-state index in [4.69, 9.17) is 16.2 Å². The largest absolute Gasteiger partial charge is 0.495 e. The molecule has 1 rings (SSSR count). The molecule has 13 heavy (non-hydrogen) atoms. The van der Waals surface area contributed by atoms with Gasteiger partial charge in [-0.05, 0) is 12.1 Å². The van der Waals surface area contributed by atoms with Gasteiger partial charge in [-0.2, -0.15) is 0 Å². The molecule has 0 heterocycles. The van der Waals surface area contributed by atoms with Gasteiger partial charge in [-0.3, -0.25) is 4.79 Å². The maximum absolute atomic E-state index is 10.9. The molecule has 4 nitrogen and oxygen atoms in total. The molecule has 0 aliphatic heterocycles. The zero-order valence-corrected chi connectivity index (χ0v) is 8.59. The van der Waals surface area contributed by atoms with Crippen LogP contribution in [0.1, 0.15) is 10.4 Å². The number of nitrogen functional groups attached to an aromatic ring is 1. The highest BCUT2D eigenvalue weighted by atomic mass is 79.9. The van der Waals surface area contributed by atoms with Crippen molar-refractivity contribution in [2.45, 2.75) is 0 Å². The topological polar surface area (TPSA) is 78.3 Å². The number of primary amides is 1. The zero-order valence-electron chi connectivity index (χ0n) is 7.00. The van der Waals surface area contributed by atoms with E-state index in [1.807, 2.05) is 0 Å². The number of anilines is 1. The van der Waals surface area contributed by atoms with Crippen molar-refractivity contribution >= 4 is 27.5 Å². The van der Waals surface area contributed by atoms with E-state index < -0.39 is 5.91 Å². The molecule has 70 valence electrons. The number of methoxy groups -OCH3 is 1. The minimum atomic E-state index is -0.572. The number of ether oxygens (including phenoxy) is 1. The van der Waals surface area contributed by atoms with Crippen LogP contribution in [0.3, 0.4) is 0 Å². The number of amides is 1. The molecule has 0 spiro atoms. The van der Waals surface area contributed by atoms with Crippen LogP contribution in [0.25, 0.3) is 0 Å². The number of carbonyl (C=O) groups is 1. The Balaban J connectivity index is 3.35.